The number of tetrazole rings is 1. The molecule has 0 aliphatic carbocycles. The highest BCUT2D eigenvalue weighted by Crippen LogP contribution is 2.23. The van der Waals surface area contributed by atoms with Gasteiger partial charge in [0, 0.05) is 5.69 Å². The number of aromatic amines is 1. The predicted octanol–water partition coefficient (Wildman–Crippen LogP) is 0.0996. The molecule has 2 rings (SSSR count). The third-order valence-electron chi connectivity index (χ3n) is 2.37. The number of H-pyrrole nitrogens is 1. The van der Waals surface area contributed by atoms with E-state index in [0.717, 1.165) is 12.1 Å². The first kappa shape index (κ1) is 14.3. The van der Waals surface area contributed by atoms with Crippen LogP contribution in [0.2, 0.25) is 0 Å². The summed E-state index contributed by atoms with van der Waals surface area (Å²) in [6.07, 6.45) is 0. The molecule has 1 aromatic heterocycles. The van der Waals surface area contributed by atoms with Gasteiger partial charge in [-0.2, -0.15) is 5.21 Å². The van der Waals surface area contributed by atoms with Crippen LogP contribution in [0.5, 0.6) is 0 Å². The summed E-state index contributed by atoms with van der Waals surface area (Å²) in [6.45, 7) is 1.40. The first-order chi connectivity index (χ1) is 9.31. The molecular formula is C9H10F2N6O2S. The van der Waals surface area contributed by atoms with Crippen LogP contribution in [0.15, 0.2) is 17.0 Å². The standard InChI is InChI=1S/C9H10F2N6O2S/c1-4(9-13-16-17-14-9)15-20(18,19)8-6(10)2-5(12)3-7(8)11/h2-4,15H,12H2,1H3,(H,13,14,16,17). The first-order valence-electron chi connectivity index (χ1n) is 5.31. The highest BCUT2D eigenvalue weighted by Gasteiger charge is 2.27. The number of sulfonamides is 1. The van der Waals surface area contributed by atoms with Gasteiger partial charge in [-0.05, 0) is 19.1 Å². The summed E-state index contributed by atoms with van der Waals surface area (Å²) in [5.74, 6) is -2.53. The number of anilines is 1. The zero-order chi connectivity index (χ0) is 14.9. The Hall–Kier alpha value is -2.14. The zero-order valence-corrected chi connectivity index (χ0v) is 10.9. The van der Waals surface area contributed by atoms with Crippen molar-refractivity contribution in [2.75, 3.05) is 5.73 Å². The van der Waals surface area contributed by atoms with Crippen LogP contribution in [-0.4, -0.2) is 29.0 Å². The third kappa shape index (κ3) is 2.72. The smallest absolute Gasteiger partial charge is 0.247 e. The summed E-state index contributed by atoms with van der Waals surface area (Å²) in [4.78, 5) is -1.11. The second-order valence-electron chi connectivity index (χ2n) is 3.93. The van der Waals surface area contributed by atoms with Crippen LogP contribution < -0.4 is 10.5 Å². The van der Waals surface area contributed by atoms with E-state index in [2.05, 4.69) is 20.6 Å². The fourth-order valence-electron chi connectivity index (χ4n) is 1.53. The van der Waals surface area contributed by atoms with Crippen LogP contribution in [0.4, 0.5) is 14.5 Å². The first-order valence-corrected chi connectivity index (χ1v) is 6.80. The lowest BCUT2D eigenvalue weighted by Gasteiger charge is -2.12. The molecule has 0 radical (unpaired) electrons. The van der Waals surface area contributed by atoms with Crippen LogP contribution in [0.25, 0.3) is 0 Å². The minimum absolute atomic E-state index is 0.0323. The van der Waals surface area contributed by atoms with Crippen molar-refractivity contribution in [2.45, 2.75) is 17.9 Å². The maximum Gasteiger partial charge on any atom is 0.247 e. The monoisotopic (exact) mass is 304 g/mol. The summed E-state index contributed by atoms with van der Waals surface area (Å²) in [7, 11) is -4.44. The molecule has 0 saturated heterocycles. The second kappa shape index (κ2) is 5.09. The largest absolute Gasteiger partial charge is 0.399 e. The van der Waals surface area contributed by atoms with Gasteiger partial charge in [-0.15, -0.1) is 10.2 Å². The van der Waals surface area contributed by atoms with Crippen molar-refractivity contribution in [1.29, 1.82) is 0 Å². The number of aromatic nitrogens is 4. The van der Waals surface area contributed by atoms with E-state index in [-0.39, 0.29) is 11.5 Å². The van der Waals surface area contributed by atoms with E-state index in [4.69, 9.17) is 5.73 Å². The Bertz CT molecular complexity index is 695. The fraction of sp³-hybridized carbons (Fsp3) is 0.222. The van der Waals surface area contributed by atoms with Gasteiger partial charge in [-0.3, -0.25) is 0 Å². The van der Waals surface area contributed by atoms with Crippen LogP contribution in [0.3, 0.4) is 0 Å². The number of nitrogens with one attached hydrogen (secondary N) is 2. The molecule has 0 amide bonds. The topological polar surface area (TPSA) is 127 Å². The predicted molar refractivity (Wildman–Crippen MR) is 63.7 cm³/mol. The number of hydrogen-bond donors (Lipinski definition) is 3. The summed E-state index contributed by atoms with van der Waals surface area (Å²) in [5, 5.41) is 12.5. The number of benzene rings is 1. The molecule has 8 nitrogen and oxygen atoms in total. The van der Waals surface area contributed by atoms with Crippen molar-refractivity contribution in [3.8, 4) is 0 Å². The molecule has 1 unspecified atom stereocenters. The quantitative estimate of drug-likeness (QED) is 0.688. The van der Waals surface area contributed by atoms with E-state index in [1.54, 1.807) is 0 Å². The number of nitrogens with two attached hydrogens (primary N) is 1. The van der Waals surface area contributed by atoms with Crippen LogP contribution in [0.1, 0.15) is 18.8 Å². The van der Waals surface area contributed by atoms with Crippen molar-refractivity contribution in [3.63, 3.8) is 0 Å². The van der Waals surface area contributed by atoms with Gasteiger partial charge in [0.2, 0.25) is 10.0 Å². The molecule has 4 N–H and O–H groups in total. The number of nitrogens with zero attached hydrogens (tertiary/aromatic N) is 3. The van der Waals surface area contributed by atoms with Crippen LogP contribution in [0, 0.1) is 11.6 Å². The SMILES string of the molecule is CC(NS(=O)(=O)c1c(F)cc(N)cc1F)c1nn[nH]n1. The molecule has 2 aromatic rings. The van der Waals surface area contributed by atoms with Crippen molar-refractivity contribution in [2.24, 2.45) is 0 Å². The molecule has 0 bridgehead atoms. The summed E-state index contributed by atoms with van der Waals surface area (Å²) >= 11 is 0. The van der Waals surface area contributed by atoms with E-state index >= 15 is 0 Å². The maximum absolute atomic E-state index is 13.6. The van der Waals surface area contributed by atoms with E-state index in [1.807, 2.05) is 4.72 Å². The molecule has 1 heterocycles. The minimum atomic E-state index is -4.44. The van der Waals surface area contributed by atoms with Gasteiger partial charge in [0.1, 0.15) is 11.6 Å². The Labute approximate surface area is 112 Å². The van der Waals surface area contributed by atoms with E-state index in [1.165, 1.54) is 6.92 Å². The third-order valence-corrected chi connectivity index (χ3v) is 3.96. The second-order valence-corrected chi connectivity index (χ2v) is 5.58. The van der Waals surface area contributed by atoms with Crippen LogP contribution >= 0.6 is 0 Å². The average Bonchev–Trinajstić information content (AvgIpc) is 2.78. The number of nitrogen functional groups attached to an aromatic ring is 1. The van der Waals surface area contributed by atoms with Crippen molar-refractivity contribution in [1.82, 2.24) is 25.3 Å². The molecule has 1 aromatic carbocycles. The van der Waals surface area contributed by atoms with Gasteiger partial charge in [-0.25, -0.2) is 21.9 Å². The van der Waals surface area contributed by atoms with Gasteiger partial charge in [0.15, 0.2) is 10.7 Å². The van der Waals surface area contributed by atoms with Gasteiger partial charge >= 0.3 is 0 Å². The number of hydrogen-bond acceptors (Lipinski definition) is 6. The Morgan fingerprint density at radius 3 is 2.45 bits per heavy atom. The van der Waals surface area contributed by atoms with Gasteiger partial charge < -0.3 is 5.73 Å². The Morgan fingerprint density at radius 2 is 1.95 bits per heavy atom. The summed E-state index contributed by atoms with van der Waals surface area (Å²) in [5.41, 5.74) is 5.00. The Balaban J connectivity index is 2.37. The number of rotatable bonds is 4. The lowest BCUT2D eigenvalue weighted by molar-refractivity contribution is 0.508. The molecule has 20 heavy (non-hydrogen) atoms. The van der Waals surface area contributed by atoms with Gasteiger partial charge in [-0.1, -0.05) is 5.21 Å². The van der Waals surface area contributed by atoms with E-state index < -0.39 is 32.6 Å². The molecule has 0 spiro atoms. The fourth-order valence-corrected chi connectivity index (χ4v) is 2.85. The molecular weight excluding hydrogens is 294 g/mol. The highest BCUT2D eigenvalue weighted by molar-refractivity contribution is 7.89. The number of halogens is 2. The van der Waals surface area contributed by atoms with E-state index in [9.17, 15) is 17.2 Å². The molecule has 0 saturated carbocycles. The molecule has 0 aliphatic rings. The zero-order valence-electron chi connectivity index (χ0n) is 10.1. The average molecular weight is 304 g/mol. The summed E-state index contributed by atoms with van der Waals surface area (Å²) in [6, 6.07) is 0.517. The maximum atomic E-state index is 13.6. The van der Waals surface area contributed by atoms with Crippen molar-refractivity contribution >= 4 is 15.7 Å². The highest BCUT2D eigenvalue weighted by atomic mass is 32.2. The van der Waals surface area contributed by atoms with Crippen molar-refractivity contribution < 1.29 is 17.2 Å². The molecule has 0 fully saturated rings. The minimum Gasteiger partial charge on any atom is -0.399 e. The molecule has 108 valence electrons. The molecule has 1 atom stereocenters. The lowest BCUT2D eigenvalue weighted by Crippen LogP contribution is -2.29. The van der Waals surface area contributed by atoms with Gasteiger partial charge in [0.25, 0.3) is 0 Å². The Morgan fingerprint density at radius 1 is 1.35 bits per heavy atom. The Kier molecular flexibility index (Phi) is 3.63. The van der Waals surface area contributed by atoms with Crippen LogP contribution in [-0.2, 0) is 10.0 Å². The summed E-state index contributed by atoms with van der Waals surface area (Å²) < 4.78 is 53.2. The molecule has 0 aliphatic heterocycles. The van der Waals surface area contributed by atoms with E-state index in [0.29, 0.717) is 0 Å². The molecule has 11 heteroatoms. The van der Waals surface area contributed by atoms with Gasteiger partial charge in [0.05, 0.1) is 6.04 Å². The normalized spacial score (nSPS) is 13.3. The van der Waals surface area contributed by atoms with Crippen molar-refractivity contribution in [3.05, 3.63) is 29.6 Å². The lowest BCUT2D eigenvalue weighted by atomic mass is 10.3.